The third kappa shape index (κ3) is 4.96. The molecule has 0 bridgehead atoms. The minimum atomic E-state index is -0.411. The smallest absolute Gasteiger partial charge is 0.255 e. The Labute approximate surface area is 188 Å². The quantitative estimate of drug-likeness (QED) is 0.701. The first-order chi connectivity index (χ1) is 14.9. The van der Waals surface area contributed by atoms with E-state index in [2.05, 4.69) is 5.32 Å². The number of halogens is 1. The van der Waals surface area contributed by atoms with Gasteiger partial charge in [-0.2, -0.15) is 0 Å². The van der Waals surface area contributed by atoms with Gasteiger partial charge >= 0.3 is 0 Å². The maximum Gasteiger partial charge on any atom is 0.255 e. The summed E-state index contributed by atoms with van der Waals surface area (Å²) in [7, 11) is 3.16. The highest BCUT2D eigenvalue weighted by Crippen LogP contribution is 2.42. The zero-order valence-electron chi connectivity index (χ0n) is 18.4. The van der Waals surface area contributed by atoms with Gasteiger partial charge in [-0.05, 0) is 24.1 Å². The predicted octanol–water partition coefficient (Wildman–Crippen LogP) is 3.99. The molecule has 1 aliphatic heterocycles. The number of carbonyl (C=O) groups excluding carboxylic acids is 2. The molecule has 6 nitrogen and oxygen atoms in total. The van der Waals surface area contributed by atoms with Crippen molar-refractivity contribution in [2.75, 3.05) is 33.9 Å². The molecule has 0 aromatic heterocycles. The van der Waals surface area contributed by atoms with Crippen LogP contribution in [0.15, 0.2) is 42.5 Å². The summed E-state index contributed by atoms with van der Waals surface area (Å²) in [5.74, 6) is 0.612. The van der Waals surface area contributed by atoms with Gasteiger partial charge in [0.25, 0.3) is 5.91 Å². The average molecular weight is 445 g/mol. The van der Waals surface area contributed by atoms with Gasteiger partial charge in [0.1, 0.15) is 0 Å². The molecule has 0 radical (unpaired) electrons. The minimum absolute atomic E-state index is 0.0713. The van der Waals surface area contributed by atoms with E-state index in [9.17, 15) is 9.59 Å². The van der Waals surface area contributed by atoms with Crippen molar-refractivity contribution in [2.24, 2.45) is 11.8 Å². The van der Waals surface area contributed by atoms with Crippen LogP contribution in [-0.4, -0.2) is 50.6 Å². The number of para-hydroxylation sites is 1. The molecule has 1 heterocycles. The van der Waals surface area contributed by atoms with Crippen LogP contribution in [0.1, 0.15) is 35.7 Å². The van der Waals surface area contributed by atoms with Crippen LogP contribution in [0.3, 0.4) is 0 Å². The standard InChI is InChI=1S/C24H29ClN2O4/c1-15(2)12-26-23(28)19-14-27(24(29)17-8-5-6-10-20(17)25)13-18(19)16-9-7-11-21(30-3)22(16)31-4/h5-11,15,18-19H,12-14H2,1-4H3,(H,26,28)/t18-,19-/m1/s1. The highest BCUT2D eigenvalue weighted by atomic mass is 35.5. The molecule has 0 spiro atoms. The summed E-state index contributed by atoms with van der Waals surface area (Å²) in [6.45, 7) is 5.36. The number of amides is 2. The van der Waals surface area contributed by atoms with E-state index in [4.69, 9.17) is 21.1 Å². The molecule has 31 heavy (non-hydrogen) atoms. The molecule has 1 fully saturated rings. The number of likely N-dealkylation sites (tertiary alicyclic amines) is 1. The average Bonchev–Trinajstić information content (AvgIpc) is 3.22. The Bertz CT molecular complexity index is 947. The molecule has 7 heteroatoms. The largest absolute Gasteiger partial charge is 0.493 e. The van der Waals surface area contributed by atoms with Crippen LogP contribution in [0.2, 0.25) is 5.02 Å². The molecule has 2 aromatic carbocycles. The molecule has 3 rings (SSSR count). The summed E-state index contributed by atoms with van der Waals surface area (Å²) in [6, 6.07) is 12.6. The molecule has 0 saturated carbocycles. The molecule has 2 amide bonds. The van der Waals surface area contributed by atoms with E-state index in [1.165, 1.54) is 0 Å². The number of carbonyl (C=O) groups is 2. The zero-order chi connectivity index (χ0) is 22.5. The molecule has 166 valence electrons. The molecule has 2 atom stereocenters. The first-order valence-electron chi connectivity index (χ1n) is 10.4. The Morgan fingerprint density at radius 3 is 2.48 bits per heavy atom. The van der Waals surface area contributed by atoms with Crippen LogP contribution < -0.4 is 14.8 Å². The van der Waals surface area contributed by atoms with Gasteiger partial charge < -0.3 is 19.7 Å². The first-order valence-corrected chi connectivity index (χ1v) is 10.8. The van der Waals surface area contributed by atoms with Crippen molar-refractivity contribution in [1.82, 2.24) is 10.2 Å². The second-order valence-electron chi connectivity index (χ2n) is 8.12. The van der Waals surface area contributed by atoms with Crippen LogP contribution in [0.5, 0.6) is 11.5 Å². The number of methoxy groups -OCH3 is 2. The Hall–Kier alpha value is -2.73. The van der Waals surface area contributed by atoms with E-state index in [1.54, 1.807) is 43.4 Å². The van der Waals surface area contributed by atoms with E-state index in [-0.39, 0.29) is 17.7 Å². The highest BCUT2D eigenvalue weighted by Gasteiger charge is 2.42. The third-order valence-electron chi connectivity index (χ3n) is 5.57. The van der Waals surface area contributed by atoms with E-state index in [0.717, 1.165) is 5.56 Å². The van der Waals surface area contributed by atoms with E-state index in [0.29, 0.717) is 47.6 Å². The maximum absolute atomic E-state index is 13.2. The van der Waals surface area contributed by atoms with Crippen molar-refractivity contribution in [1.29, 1.82) is 0 Å². The normalized spacial score (nSPS) is 18.2. The van der Waals surface area contributed by atoms with Crippen molar-refractivity contribution in [3.05, 3.63) is 58.6 Å². The number of hydrogen-bond acceptors (Lipinski definition) is 4. The molecular formula is C24H29ClN2O4. The summed E-state index contributed by atoms with van der Waals surface area (Å²) in [5, 5.41) is 3.42. The van der Waals surface area contributed by atoms with Gasteiger partial charge in [0.05, 0.1) is 30.7 Å². The fraction of sp³-hybridized carbons (Fsp3) is 0.417. The number of benzene rings is 2. The van der Waals surface area contributed by atoms with E-state index >= 15 is 0 Å². The van der Waals surface area contributed by atoms with Crippen molar-refractivity contribution >= 4 is 23.4 Å². The topological polar surface area (TPSA) is 67.9 Å². The summed E-state index contributed by atoms with van der Waals surface area (Å²) in [4.78, 5) is 28.0. The van der Waals surface area contributed by atoms with Crippen molar-refractivity contribution in [3.8, 4) is 11.5 Å². The van der Waals surface area contributed by atoms with Crippen LogP contribution in [0, 0.1) is 11.8 Å². The Morgan fingerprint density at radius 2 is 1.84 bits per heavy atom. The lowest BCUT2D eigenvalue weighted by Gasteiger charge is -2.22. The summed E-state index contributed by atoms with van der Waals surface area (Å²) >= 11 is 6.26. The molecule has 0 unspecified atom stereocenters. The number of nitrogens with one attached hydrogen (secondary N) is 1. The fourth-order valence-electron chi connectivity index (χ4n) is 4.00. The summed E-state index contributed by atoms with van der Waals surface area (Å²) in [6.07, 6.45) is 0. The molecular weight excluding hydrogens is 416 g/mol. The van der Waals surface area contributed by atoms with Gasteiger partial charge in [0.2, 0.25) is 5.91 Å². The second-order valence-corrected chi connectivity index (χ2v) is 8.53. The minimum Gasteiger partial charge on any atom is -0.493 e. The Kier molecular flexibility index (Phi) is 7.44. The second kappa shape index (κ2) is 10.1. The third-order valence-corrected chi connectivity index (χ3v) is 5.90. The van der Waals surface area contributed by atoms with Crippen molar-refractivity contribution < 1.29 is 19.1 Å². The van der Waals surface area contributed by atoms with E-state index in [1.807, 2.05) is 32.0 Å². The lowest BCUT2D eigenvalue weighted by molar-refractivity contribution is -0.125. The van der Waals surface area contributed by atoms with Crippen molar-refractivity contribution in [2.45, 2.75) is 19.8 Å². The molecule has 1 aliphatic rings. The van der Waals surface area contributed by atoms with Gasteiger partial charge in [-0.3, -0.25) is 9.59 Å². The van der Waals surface area contributed by atoms with Crippen LogP contribution in [-0.2, 0) is 4.79 Å². The SMILES string of the molecule is COc1cccc([C@H]2CN(C(=O)c3ccccc3Cl)C[C@H]2C(=O)NCC(C)C)c1OC. The van der Waals surface area contributed by atoms with Gasteiger partial charge in [0.15, 0.2) is 11.5 Å². The number of hydrogen-bond donors (Lipinski definition) is 1. The number of rotatable bonds is 7. The lowest BCUT2D eigenvalue weighted by atomic mass is 9.87. The van der Waals surface area contributed by atoms with Crippen LogP contribution in [0.25, 0.3) is 0 Å². The maximum atomic E-state index is 13.2. The monoisotopic (exact) mass is 444 g/mol. The number of nitrogens with zero attached hydrogens (tertiary/aromatic N) is 1. The number of ether oxygens (including phenoxy) is 2. The molecule has 2 aromatic rings. The van der Waals surface area contributed by atoms with Gasteiger partial charge in [-0.25, -0.2) is 0 Å². The molecule has 0 aliphatic carbocycles. The Balaban J connectivity index is 1.96. The van der Waals surface area contributed by atoms with E-state index < -0.39 is 5.92 Å². The Morgan fingerprint density at radius 1 is 1.10 bits per heavy atom. The highest BCUT2D eigenvalue weighted by molar-refractivity contribution is 6.33. The summed E-state index contributed by atoms with van der Waals surface area (Å²) < 4.78 is 11.1. The summed E-state index contributed by atoms with van der Waals surface area (Å²) in [5.41, 5.74) is 1.28. The zero-order valence-corrected chi connectivity index (χ0v) is 19.1. The first kappa shape index (κ1) is 22.9. The molecule has 1 saturated heterocycles. The van der Waals surface area contributed by atoms with Gasteiger partial charge in [-0.15, -0.1) is 0 Å². The van der Waals surface area contributed by atoms with Crippen molar-refractivity contribution in [3.63, 3.8) is 0 Å². The fourth-order valence-corrected chi connectivity index (χ4v) is 4.21. The van der Waals surface area contributed by atoms with Crippen LogP contribution in [0.4, 0.5) is 0 Å². The lowest BCUT2D eigenvalue weighted by Crippen LogP contribution is -2.37. The van der Waals surface area contributed by atoms with Gasteiger partial charge in [-0.1, -0.05) is 49.7 Å². The van der Waals surface area contributed by atoms with Gasteiger partial charge in [0, 0.05) is 31.1 Å². The molecule has 1 N–H and O–H groups in total. The predicted molar refractivity (Wildman–Crippen MR) is 121 cm³/mol. The van der Waals surface area contributed by atoms with Crippen LogP contribution >= 0.6 is 11.6 Å².